The van der Waals surface area contributed by atoms with Gasteiger partial charge in [0.2, 0.25) is 0 Å². The fourth-order valence-electron chi connectivity index (χ4n) is 2.07. The Balaban J connectivity index is 2.22. The maximum atomic E-state index is 12.7. The van der Waals surface area contributed by atoms with E-state index in [0.29, 0.717) is 11.3 Å². The van der Waals surface area contributed by atoms with E-state index >= 15 is 0 Å². The number of nitrogens with one attached hydrogen (secondary N) is 1. The molecule has 116 valence electrons. The number of rotatable bonds is 4. The smallest absolute Gasteiger partial charge is 0.278 e. The Morgan fingerprint density at radius 1 is 1.09 bits per heavy atom. The molecule has 0 aliphatic carbocycles. The molecule has 0 spiro atoms. The number of para-hydroxylation sites is 1. The van der Waals surface area contributed by atoms with Crippen molar-refractivity contribution in [3.63, 3.8) is 0 Å². The fourth-order valence-corrected chi connectivity index (χ4v) is 2.07. The highest BCUT2D eigenvalue weighted by Crippen LogP contribution is 2.29. The first-order chi connectivity index (χ1) is 10.4. The van der Waals surface area contributed by atoms with Crippen LogP contribution in [0, 0.1) is 0 Å². The molecular weight excluding hydrogens is 289 g/mol. The van der Waals surface area contributed by atoms with Gasteiger partial charge in [-0.2, -0.15) is 18.3 Å². The van der Waals surface area contributed by atoms with Crippen LogP contribution in [0.15, 0.2) is 53.6 Å². The Bertz CT molecular complexity index is 676. The lowest BCUT2D eigenvalue weighted by molar-refractivity contribution is -0.137. The van der Waals surface area contributed by atoms with E-state index < -0.39 is 11.7 Å². The van der Waals surface area contributed by atoms with E-state index in [1.54, 1.807) is 13.0 Å². The molecule has 0 atom stereocenters. The van der Waals surface area contributed by atoms with Crippen molar-refractivity contribution < 1.29 is 13.2 Å². The summed E-state index contributed by atoms with van der Waals surface area (Å²) in [5.74, 6) is 0. The number of hydrogen-bond donors (Lipinski definition) is 1. The van der Waals surface area contributed by atoms with Gasteiger partial charge >= 0.3 is 6.18 Å². The van der Waals surface area contributed by atoms with Gasteiger partial charge in [0.1, 0.15) is 0 Å². The molecule has 0 unspecified atom stereocenters. The van der Waals surface area contributed by atoms with Crippen molar-refractivity contribution >= 4 is 11.4 Å². The van der Waals surface area contributed by atoms with Crippen molar-refractivity contribution in [1.29, 1.82) is 0 Å². The second kappa shape index (κ2) is 6.64. The number of nitrogens with zero attached hydrogens (tertiary/aromatic N) is 1. The van der Waals surface area contributed by atoms with Crippen LogP contribution in [-0.4, -0.2) is 5.71 Å². The highest BCUT2D eigenvalue weighted by Gasteiger charge is 2.30. The number of benzene rings is 2. The second-order valence-electron chi connectivity index (χ2n) is 4.90. The zero-order valence-corrected chi connectivity index (χ0v) is 12.4. The second-order valence-corrected chi connectivity index (χ2v) is 4.90. The molecule has 0 radical (unpaired) electrons. The molecule has 0 heterocycles. The summed E-state index contributed by atoms with van der Waals surface area (Å²) in [6, 6.07) is 12.9. The number of alkyl halides is 3. The molecule has 0 aliphatic heterocycles. The molecule has 0 saturated carbocycles. The number of hydrazone groups is 1. The van der Waals surface area contributed by atoms with Gasteiger partial charge in [-0.15, -0.1) is 0 Å². The van der Waals surface area contributed by atoms with Crippen molar-refractivity contribution in [3.8, 4) is 0 Å². The zero-order valence-electron chi connectivity index (χ0n) is 12.4. The summed E-state index contributed by atoms with van der Waals surface area (Å²) < 4.78 is 38.2. The van der Waals surface area contributed by atoms with Crippen molar-refractivity contribution in [3.05, 3.63) is 65.2 Å². The molecule has 0 aliphatic rings. The lowest BCUT2D eigenvalue weighted by Gasteiger charge is -2.10. The van der Waals surface area contributed by atoms with Crippen molar-refractivity contribution in [2.24, 2.45) is 5.10 Å². The summed E-state index contributed by atoms with van der Waals surface area (Å²) in [4.78, 5) is 0. The normalized spacial score (nSPS) is 12.3. The van der Waals surface area contributed by atoms with Crippen LogP contribution < -0.4 is 5.43 Å². The highest BCUT2D eigenvalue weighted by atomic mass is 19.4. The van der Waals surface area contributed by atoms with E-state index in [-0.39, 0.29) is 0 Å². The molecule has 0 aromatic heterocycles. The van der Waals surface area contributed by atoms with Crippen LogP contribution in [0.1, 0.15) is 30.5 Å². The summed E-state index contributed by atoms with van der Waals surface area (Å²) in [6.45, 7) is 3.71. The standard InChI is InChI=1S/C17H17F3N2/c1-3-13-7-4-5-10-16(13)22-21-12(2)14-8-6-9-15(11-14)17(18,19)20/h4-11,22H,3H2,1-2H3/b21-12-. The predicted octanol–water partition coefficient (Wildman–Crippen LogP) is 5.10. The Labute approximate surface area is 127 Å². The van der Waals surface area contributed by atoms with E-state index in [1.165, 1.54) is 6.07 Å². The highest BCUT2D eigenvalue weighted by molar-refractivity contribution is 5.99. The third-order valence-corrected chi connectivity index (χ3v) is 3.35. The minimum atomic E-state index is -4.35. The quantitative estimate of drug-likeness (QED) is 0.616. The van der Waals surface area contributed by atoms with Gasteiger partial charge in [0.05, 0.1) is 17.0 Å². The van der Waals surface area contributed by atoms with E-state index in [1.807, 2.05) is 31.2 Å². The van der Waals surface area contributed by atoms with Gasteiger partial charge in [0.25, 0.3) is 0 Å². The Morgan fingerprint density at radius 3 is 2.50 bits per heavy atom. The largest absolute Gasteiger partial charge is 0.416 e. The molecule has 0 saturated heterocycles. The predicted molar refractivity (Wildman–Crippen MR) is 83.1 cm³/mol. The molecular formula is C17H17F3N2. The Kier molecular flexibility index (Phi) is 4.85. The minimum absolute atomic E-state index is 0.441. The zero-order chi connectivity index (χ0) is 16.2. The topological polar surface area (TPSA) is 24.4 Å². The summed E-state index contributed by atoms with van der Waals surface area (Å²) in [5.41, 5.74) is 5.15. The molecule has 2 nitrogen and oxygen atoms in total. The maximum Gasteiger partial charge on any atom is 0.416 e. The maximum absolute atomic E-state index is 12.7. The van der Waals surface area contributed by atoms with E-state index in [9.17, 15) is 13.2 Å². The first-order valence-corrected chi connectivity index (χ1v) is 6.97. The average Bonchev–Trinajstić information content (AvgIpc) is 2.52. The van der Waals surface area contributed by atoms with Gasteiger partial charge in [0, 0.05) is 0 Å². The van der Waals surface area contributed by atoms with Gasteiger partial charge in [-0.05, 0) is 42.7 Å². The third kappa shape index (κ3) is 3.87. The van der Waals surface area contributed by atoms with E-state index in [4.69, 9.17) is 0 Å². The fraction of sp³-hybridized carbons (Fsp3) is 0.235. The Morgan fingerprint density at radius 2 is 1.82 bits per heavy atom. The molecule has 0 bridgehead atoms. The van der Waals surface area contributed by atoms with Crippen LogP contribution in [0.4, 0.5) is 18.9 Å². The SMILES string of the molecule is CCc1ccccc1N/N=C(/C)c1cccc(C(F)(F)F)c1. The molecule has 1 N–H and O–H groups in total. The van der Waals surface area contributed by atoms with Crippen LogP contribution in [-0.2, 0) is 12.6 Å². The molecule has 0 amide bonds. The Hall–Kier alpha value is -2.30. The number of aryl methyl sites for hydroxylation is 1. The molecule has 0 fully saturated rings. The number of hydrogen-bond acceptors (Lipinski definition) is 2. The minimum Gasteiger partial charge on any atom is -0.278 e. The third-order valence-electron chi connectivity index (χ3n) is 3.35. The average molecular weight is 306 g/mol. The first-order valence-electron chi connectivity index (χ1n) is 6.97. The van der Waals surface area contributed by atoms with Crippen LogP contribution in [0.5, 0.6) is 0 Å². The van der Waals surface area contributed by atoms with Crippen molar-refractivity contribution in [1.82, 2.24) is 0 Å². The molecule has 2 aromatic rings. The molecule has 5 heteroatoms. The van der Waals surface area contributed by atoms with Gasteiger partial charge < -0.3 is 0 Å². The number of anilines is 1. The lowest BCUT2D eigenvalue weighted by Crippen LogP contribution is -2.07. The summed E-state index contributed by atoms with van der Waals surface area (Å²) in [6.07, 6.45) is -3.50. The van der Waals surface area contributed by atoms with Crippen LogP contribution in [0.3, 0.4) is 0 Å². The monoisotopic (exact) mass is 306 g/mol. The molecule has 2 rings (SSSR count). The van der Waals surface area contributed by atoms with Crippen molar-refractivity contribution in [2.75, 3.05) is 5.43 Å². The molecule has 2 aromatic carbocycles. The van der Waals surface area contributed by atoms with Crippen LogP contribution in [0.2, 0.25) is 0 Å². The van der Waals surface area contributed by atoms with Gasteiger partial charge in [0.15, 0.2) is 0 Å². The number of halogens is 3. The van der Waals surface area contributed by atoms with Crippen LogP contribution in [0.25, 0.3) is 0 Å². The lowest BCUT2D eigenvalue weighted by atomic mass is 10.1. The van der Waals surface area contributed by atoms with E-state index in [2.05, 4.69) is 10.5 Å². The summed E-state index contributed by atoms with van der Waals surface area (Å²) >= 11 is 0. The molecule has 22 heavy (non-hydrogen) atoms. The first kappa shape index (κ1) is 16.1. The summed E-state index contributed by atoms with van der Waals surface area (Å²) in [5, 5.41) is 4.20. The van der Waals surface area contributed by atoms with Gasteiger partial charge in [-0.25, -0.2) is 0 Å². The van der Waals surface area contributed by atoms with E-state index in [0.717, 1.165) is 29.8 Å². The van der Waals surface area contributed by atoms with Crippen LogP contribution >= 0.6 is 0 Å². The van der Waals surface area contributed by atoms with Gasteiger partial charge in [-0.3, -0.25) is 5.43 Å². The summed E-state index contributed by atoms with van der Waals surface area (Å²) in [7, 11) is 0. The van der Waals surface area contributed by atoms with Crippen molar-refractivity contribution in [2.45, 2.75) is 26.4 Å². The van der Waals surface area contributed by atoms with Gasteiger partial charge in [-0.1, -0.05) is 37.3 Å².